The maximum atomic E-state index is 13.7. The molecule has 2 aromatic rings. The van der Waals surface area contributed by atoms with Crippen molar-refractivity contribution >= 4 is 23.2 Å². The molecule has 0 aromatic heterocycles. The molecule has 1 atom stereocenters. The van der Waals surface area contributed by atoms with Crippen molar-refractivity contribution in [2.75, 3.05) is 18.0 Å². The number of anilines is 1. The van der Waals surface area contributed by atoms with Crippen LogP contribution < -0.4 is 4.90 Å². The fourth-order valence-corrected chi connectivity index (χ4v) is 5.34. The molecule has 0 spiro atoms. The van der Waals surface area contributed by atoms with E-state index >= 15 is 0 Å². The number of hydrogen-bond donors (Lipinski definition) is 0. The third-order valence-corrected chi connectivity index (χ3v) is 7.25. The molecule has 2 aromatic carbocycles. The molecule has 1 aliphatic heterocycles. The quantitative estimate of drug-likeness (QED) is 0.487. The van der Waals surface area contributed by atoms with E-state index in [-0.39, 0.29) is 35.0 Å². The number of hydrogen-bond acceptors (Lipinski definition) is 3. The Morgan fingerprint density at radius 2 is 1.85 bits per heavy atom. The summed E-state index contributed by atoms with van der Waals surface area (Å²) in [5.74, 6) is 0.215. The molecule has 0 bridgehead atoms. The highest BCUT2D eigenvalue weighted by Gasteiger charge is 2.37. The Bertz CT molecular complexity index is 1080. The SMILES string of the molecule is N#Cc1ccc(N(Cc2ccccc2C(F)(F)F)[C@H]2CCN(C(=O)C3CCCCC3)C2)cc1Cl. The van der Waals surface area contributed by atoms with Crippen LogP contribution in [-0.2, 0) is 17.5 Å². The van der Waals surface area contributed by atoms with Gasteiger partial charge in [0.15, 0.2) is 0 Å². The number of nitrogens with zero attached hydrogens (tertiary/aromatic N) is 3. The van der Waals surface area contributed by atoms with Crippen LogP contribution >= 0.6 is 11.6 Å². The standard InChI is InChI=1S/C26H27ClF3N3O/c27-24-14-21(11-10-19(24)15-31)33(16-20-8-4-5-9-23(20)26(28,29)30)22-12-13-32(17-22)25(34)18-6-2-1-3-7-18/h4-5,8-11,14,18,22H,1-3,6-7,12-13,16-17H2/t22-/m0/s1. The first-order chi connectivity index (χ1) is 16.3. The van der Waals surface area contributed by atoms with Gasteiger partial charge in [-0.15, -0.1) is 0 Å². The Morgan fingerprint density at radius 1 is 1.12 bits per heavy atom. The van der Waals surface area contributed by atoms with Gasteiger partial charge in [-0.3, -0.25) is 4.79 Å². The number of halogens is 4. The van der Waals surface area contributed by atoms with Crippen LogP contribution in [0.15, 0.2) is 42.5 Å². The van der Waals surface area contributed by atoms with Gasteiger partial charge < -0.3 is 9.80 Å². The van der Waals surface area contributed by atoms with Crippen LogP contribution in [0.4, 0.5) is 18.9 Å². The Kier molecular flexibility index (Phi) is 7.37. The summed E-state index contributed by atoms with van der Waals surface area (Å²) in [6.07, 6.45) is 1.31. The second kappa shape index (κ2) is 10.3. The number of carbonyl (C=O) groups is 1. The third-order valence-electron chi connectivity index (χ3n) is 6.94. The molecule has 1 saturated heterocycles. The van der Waals surface area contributed by atoms with Crippen molar-refractivity contribution in [3.05, 3.63) is 64.2 Å². The van der Waals surface area contributed by atoms with Gasteiger partial charge in [0.25, 0.3) is 0 Å². The first kappa shape index (κ1) is 24.4. The van der Waals surface area contributed by atoms with Gasteiger partial charge in [0.05, 0.1) is 16.1 Å². The van der Waals surface area contributed by atoms with E-state index < -0.39 is 11.7 Å². The zero-order chi connectivity index (χ0) is 24.3. The van der Waals surface area contributed by atoms with Crippen LogP contribution in [0, 0.1) is 17.2 Å². The molecular weight excluding hydrogens is 463 g/mol. The number of alkyl halides is 3. The van der Waals surface area contributed by atoms with E-state index in [9.17, 15) is 23.2 Å². The van der Waals surface area contributed by atoms with E-state index in [1.54, 1.807) is 24.3 Å². The Morgan fingerprint density at radius 3 is 2.53 bits per heavy atom. The second-order valence-corrected chi connectivity index (χ2v) is 9.53. The predicted molar refractivity (Wildman–Crippen MR) is 125 cm³/mol. The van der Waals surface area contributed by atoms with Crippen molar-refractivity contribution in [2.45, 2.75) is 57.3 Å². The van der Waals surface area contributed by atoms with E-state index in [0.29, 0.717) is 30.8 Å². The van der Waals surface area contributed by atoms with Crippen LogP contribution in [0.3, 0.4) is 0 Å². The average molecular weight is 490 g/mol. The maximum absolute atomic E-state index is 13.7. The monoisotopic (exact) mass is 489 g/mol. The predicted octanol–water partition coefficient (Wildman–Crippen LogP) is 6.42. The third kappa shape index (κ3) is 5.33. The summed E-state index contributed by atoms with van der Waals surface area (Å²) in [4.78, 5) is 16.9. The van der Waals surface area contributed by atoms with Crippen molar-refractivity contribution in [1.29, 1.82) is 5.26 Å². The summed E-state index contributed by atoms with van der Waals surface area (Å²) < 4.78 is 41.1. The van der Waals surface area contributed by atoms with Crippen LogP contribution in [0.1, 0.15) is 55.2 Å². The number of benzene rings is 2. The zero-order valence-electron chi connectivity index (χ0n) is 18.8. The molecule has 8 heteroatoms. The lowest BCUT2D eigenvalue weighted by Crippen LogP contribution is -2.41. The first-order valence-electron chi connectivity index (χ1n) is 11.7. The van der Waals surface area contributed by atoms with Gasteiger partial charge in [-0.05, 0) is 49.1 Å². The molecule has 180 valence electrons. The lowest BCUT2D eigenvalue weighted by Gasteiger charge is -2.33. The number of amides is 1. The molecule has 1 heterocycles. The van der Waals surface area contributed by atoms with Crippen LogP contribution in [0.5, 0.6) is 0 Å². The number of carbonyl (C=O) groups excluding carboxylic acids is 1. The lowest BCUT2D eigenvalue weighted by atomic mass is 9.88. The molecule has 4 nitrogen and oxygen atoms in total. The Balaban J connectivity index is 1.62. The van der Waals surface area contributed by atoms with Gasteiger partial charge in [0.2, 0.25) is 5.91 Å². The van der Waals surface area contributed by atoms with Crippen molar-refractivity contribution in [3.63, 3.8) is 0 Å². The van der Waals surface area contributed by atoms with Gasteiger partial charge in [-0.25, -0.2) is 0 Å². The summed E-state index contributed by atoms with van der Waals surface area (Å²) in [5, 5.41) is 9.48. The lowest BCUT2D eigenvalue weighted by molar-refractivity contribution is -0.138. The molecule has 0 N–H and O–H groups in total. The Labute approximate surface area is 202 Å². The molecule has 4 rings (SSSR count). The molecule has 2 fully saturated rings. The number of likely N-dealkylation sites (tertiary alicyclic amines) is 1. The molecule has 1 aliphatic carbocycles. The minimum atomic E-state index is -4.47. The molecule has 0 unspecified atom stereocenters. The molecular formula is C26H27ClF3N3O. The van der Waals surface area contributed by atoms with E-state index in [1.165, 1.54) is 12.1 Å². The van der Waals surface area contributed by atoms with Crippen molar-refractivity contribution in [2.24, 2.45) is 5.92 Å². The van der Waals surface area contributed by atoms with Gasteiger partial charge in [0.1, 0.15) is 6.07 Å². The van der Waals surface area contributed by atoms with Gasteiger partial charge in [0, 0.05) is 37.3 Å². The maximum Gasteiger partial charge on any atom is 0.416 e. The van der Waals surface area contributed by atoms with Crippen molar-refractivity contribution in [3.8, 4) is 6.07 Å². The zero-order valence-corrected chi connectivity index (χ0v) is 19.6. The summed E-state index contributed by atoms with van der Waals surface area (Å²) in [6.45, 7) is 1.07. The molecule has 2 aliphatic rings. The molecule has 1 saturated carbocycles. The topological polar surface area (TPSA) is 47.3 Å². The summed E-state index contributed by atoms with van der Waals surface area (Å²) in [6, 6.07) is 12.3. The van der Waals surface area contributed by atoms with Crippen molar-refractivity contribution < 1.29 is 18.0 Å². The highest BCUT2D eigenvalue weighted by Crippen LogP contribution is 2.35. The number of rotatable bonds is 5. The van der Waals surface area contributed by atoms with E-state index in [1.807, 2.05) is 15.9 Å². The second-order valence-electron chi connectivity index (χ2n) is 9.12. The summed E-state index contributed by atoms with van der Waals surface area (Å²) in [5.41, 5.74) is 0.431. The first-order valence-corrected chi connectivity index (χ1v) is 12.1. The smallest absolute Gasteiger partial charge is 0.362 e. The molecule has 1 amide bonds. The molecule has 34 heavy (non-hydrogen) atoms. The Hall–Kier alpha value is -2.72. The van der Waals surface area contributed by atoms with E-state index in [2.05, 4.69) is 0 Å². The normalized spacial score (nSPS) is 19.1. The average Bonchev–Trinajstić information content (AvgIpc) is 3.32. The highest BCUT2D eigenvalue weighted by molar-refractivity contribution is 6.32. The van der Waals surface area contributed by atoms with Gasteiger partial charge >= 0.3 is 6.18 Å². The van der Waals surface area contributed by atoms with Gasteiger partial charge in [-0.2, -0.15) is 18.4 Å². The largest absolute Gasteiger partial charge is 0.416 e. The van der Waals surface area contributed by atoms with Crippen LogP contribution in [0.25, 0.3) is 0 Å². The van der Waals surface area contributed by atoms with Crippen LogP contribution in [-0.4, -0.2) is 29.9 Å². The highest BCUT2D eigenvalue weighted by atomic mass is 35.5. The van der Waals surface area contributed by atoms with Crippen molar-refractivity contribution in [1.82, 2.24) is 4.90 Å². The summed E-state index contributed by atoms with van der Waals surface area (Å²) >= 11 is 6.27. The minimum absolute atomic E-state index is 0.0219. The van der Waals surface area contributed by atoms with Crippen LogP contribution in [0.2, 0.25) is 5.02 Å². The minimum Gasteiger partial charge on any atom is -0.362 e. The van der Waals surface area contributed by atoms with Gasteiger partial charge in [-0.1, -0.05) is 49.1 Å². The fraction of sp³-hybridized carbons (Fsp3) is 0.462. The fourth-order valence-electron chi connectivity index (χ4n) is 5.13. The van der Waals surface area contributed by atoms with E-state index in [4.69, 9.17) is 11.6 Å². The number of nitriles is 1. The molecule has 0 radical (unpaired) electrons. The summed E-state index contributed by atoms with van der Waals surface area (Å²) in [7, 11) is 0. The van der Waals surface area contributed by atoms with E-state index in [0.717, 1.165) is 38.2 Å².